The fourth-order valence-corrected chi connectivity index (χ4v) is 2.49. The molecule has 6 nitrogen and oxygen atoms in total. The molecule has 0 atom stereocenters. The van der Waals surface area contributed by atoms with Gasteiger partial charge in [0.2, 0.25) is 5.91 Å². The van der Waals surface area contributed by atoms with E-state index in [1.165, 1.54) is 32.5 Å². The van der Waals surface area contributed by atoms with Crippen molar-refractivity contribution in [2.45, 2.75) is 6.92 Å². The molecule has 0 radical (unpaired) electrons. The van der Waals surface area contributed by atoms with E-state index in [0.29, 0.717) is 27.8 Å². The summed E-state index contributed by atoms with van der Waals surface area (Å²) in [5.41, 5.74) is 0.938. The molecule has 0 fully saturated rings. The Kier molecular flexibility index (Phi) is 5.00. The lowest BCUT2D eigenvalue weighted by molar-refractivity contribution is -0.114. The van der Waals surface area contributed by atoms with Gasteiger partial charge in [0.1, 0.15) is 11.5 Å². The maximum atomic E-state index is 12.1. The summed E-state index contributed by atoms with van der Waals surface area (Å²) in [6.07, 6.45) is 0. The lowest BCUT2D eigenvalue weighted by Crippen LogP contribution is -2.12. The van der Waals surface area contributed by atoms with E-state index in [9.17, 15) is 9.59 Å². The fourth-order valence-electron chi connectivity index (χ4n) is 1.87. The van der Waals surface area contributed by atoms with Crippen LogP contribution in [0.4, 0.5) is 11.4 Å². The molecule has 0 aliphatic heterocycles. The molecule has 0 aliphatic carbocycles. The Hall–Kier alpha value is -2.54. The second-order valence-corrected chi connectivity index (χ2v) is 5.31. The van der Waals surface area contributed by atoms with Gasteiger partial charge in [-0.05, 0) is 11.4 Å². The maximum Gasteiger partial charge on any atom is 0.265 e. The Morgan fingerprint density at radius 1 is 1.05 bits per heavy atom. The first-order valence-corrected chi connectivity index (χ1v) is 7.31. The van der Waals surface area contributed by atoms with Crippen molar-refractivity contribution >= 4 is 34.5 Å². The van der Waals surface area contributed by atoms with Gasteiger partial charge in [-0.1, -0.05) is 6.07 Å². The Balaban J connectivity index is 2.34. The molecule has 7 heteroatoms. The second-order valence-electron chi connectivity index (χ2n) is 4.37. The van der Waals surface area contributed by atoms with Crippen molar-refractivity contribution in [1.29, 1.82) is 0 Å². The summed E-state index contributed by atoms with van der Waals surface area (Å²) in [6.45, 7) is 1.40. The minimum atomic E-state index is -0.234. The monoisotopic (exact) mass is 320 g/mol. The predicted molar refractivity (Wildman–Crippen MR) is 86.1 cm³/mol. The summed E-state index contributed by atoms with van der Waals surface area (Å²) < 4.78 is 10.5. The molecule has 0 aliphatic rings. The SMILES string of the molecule is COc1cc(NC(=O)c2cccs2)c(OC)cc1NC(C)=O. The van der Waals surface area contributed by atoms with Crippen LogP contribution in [-0.4, -0.2) is 26.0 Å². The van der Waals surface area contributed by atoms with Crippen molar-refractivity contribution in [3.8, 4) is 11.5 Å². The van der Waals surface area contributed by atoms with Crippen molar-refractivity contribution in [2.24, 2.45) is 0 Å². The topological polar surface area (TPSA) is 76.7 Å². The highest BCUT2D eigenvalue weighted by Crippen LogP contribution is 2.36. The number of nitrogens with one attached hydrogen (secondary N) is 2. The van der Waals surface area contributed by atoms with Crippen LogP contribution in [0.1, 0.15) is 16.6 Å². The molecule has 22 heavy (non-hydrogen) atoms. The molecule has 2 aromatic rings. The molecule has 116 valence electrons. The van der Waals surface area contributed by atoms with Crippen LogP contribution in [0, 0.1) is 0 Å². The van der Waals surface area contributed by atoms with Gasteiger partial charge in [-0.2, -0.15) is 0 Å². The van der Waals surface area contributed by atoms with Gasteiger partial charge in [0.25, 0.3) is 5.91 Å². The summed E-state index contributed by atoms with van der Waals surface area (Å²) in [5, 5.41) is 7.25. The number of carbonyl (C=O) groups is 2. The predicted octanol–water partition coefficient (Wildman–Crippen LogP) is 2.98. The molecule has 0 unspecified atom stereocenters. The number of methoxy groups -OCH3 is 2. The van der Waals surface area contributed by atoms with E-state index in [0.717, 1.165) is 0 Å². The average Bonchev–Trinajstić information content (AvgIpc) is 3.02. The maximum absolute atomic E-state index is 12.1. The molecular weight excluding hydrogens is 304 g/mol. The van der Waals surface area contributed by atoms with Gasteiger partial charge < -0.3 is 20.1 Å². The van der Waals surface area contributed by atoms with Crippen LogP contribution in [0.25, 0.3) is 0 Å². The molecule has 0 saturated carbocycles. The van der Waals surface area contributed by atoms with Crippen molar-refractivity contribution in [3.63, 3.8) is 0 Å². The average molecular weight is 320 g/mol. The standard InChI is InChI=1S/C15H16N2O4S/c1-9(18)16-10-7-13(21-3)11(8-12(10)20-2)17-15(19)14-5-4-6-22-14/h4-8H,1-3H3,(H,16,18)(H,17,19). The Bertz CT molecular complexity index is 683. The Morgan fingerprint density at radius 2 is 1.64 bits per heavy atom. The van der Waals surface area contributed by atoms with E-state index >= 15 is 0 Å². The van der Waals surface area contributed by atoms with Gasteiger partial charge in [0.15, 0.2) is 0 Å². The van der Waals surface area contributed by atoms with E-state index in [1.54, 1.807) is 24.3 Å². The Morgan fingerprint density at radius 3 is 2.09 bits per heavy atom. The third-order valence-electron chi connectivity index (χ3n) is 2.83. The first kappa shape index (κ1) is 15.8. The number of amides is 2. The van der Waals surface area contributed by atoms with Crippen LogP contribution in [0.15, 0.2) is 29.6 Å². The zero-order valence-electron chi connectivity index (χ0n) is 12.4. The minimum absolute atomic E-state index is 0.226. The highest BCUT2D eigenvalue weighted by molar-refractivity contribution is 7.12. The zero-order chi connectivity index (χ0) is 16.1. The van der Waals surface area contributed by atoms with E-state index in [2.05, 4.69) is 10.6 Å². The first-order chi connectivity index (χ1) is 10.5. The van der Waals surface area contributed by atoms with Crippen LogP contribution in [0.5, 0.6) is 11.5 Å². The number of ether oxygens (including phenoxy) is 2. The van der Waals surface area contributed by atoms with Gasteiger partial charge in [-0.15, -0.1) is 11.3 Å². The Labute approximate surface area is 132 Å². The van der Waals surface area contributed by atoms with E-state index in [1.807, 2.05) is 5.38 Å². The van der Waals surface area contributed by atoms with Crippen LogP contribution in [0.3, 0.4) is 0 Å². The number of carbonyl (C=O) groups excluding carboxylic acids is 2. The number of thiophene rings is 1. The molecule has 2 rings (SSSR count). The third-order valence-corrected chi connectivity index (χ3v) is 3.69. The normalized spacial score (nSPS) is 9.95. The number of hydrogen-bond acceptors (Lipinski definition) is 5. The quantitative estimate of drug-likeness (QED) is 0.888. The molecule has 2 amide bonds. The third kappa shape index (κ3) is 3.56. The summed E-state index contributed by atoms with van der Waals surface area (Å²) in [4.78, 5) is 24.0. The number of rotatable bonds is 5. The molecule has 0 saturated heterocycles. The summed E-state index contributed by atoms with van der Waals surface area (Å²) >= 11 is 1.34. The molecule has 2 N–H and O–H groups in total. The lowest BCUT2D eigenvalue weighted by Gasteiger charge is -2.15. The summed E-state index contributed by atoms with van der Waals surface area (Å²) in [6, 6.07) is 6.74. The van der Waals surface area contributed by atoms with Crippen molar-refractivity contribution in [2.75, 3.05) is 24.9 Å². The number of anilines is 2. The molecular formula is C15H16N2O4S. The van der Waals surface area contributed by atoms with Crippen molar-refractivity contribution < 1.29 is 19.1 Å². The van der Waals surface area contributed by atoms with Crippen LogP contribution < -0.4 is 20.1 Å². The van der Waals surface area contributed by atoms with Crippen LogP contribution >= 0.6 is 11.3 Å². The highest BCUT2D eigenvalue weighted by Gasteiger charge is 2.15. The smallest absolute Gasteiger partial charge is 0.265 e. The summed E-state index contributed by atoms with van der Waals surface area (Å²) in [5.74, 6) is 0.394. The van der Waals surface area contributed by atoms with E-state index in [4.69, 9.17) is 9.47 Å². The number of benzene rings is 1. The van der Waals surface area contributed by atoms with Gasteiger partial charge in [0, 0.05) is 19.1 Å². The fraction of sp³-hybridized carbons (Fsp3) is 0.200. The van der Waals surface area contributed by atoms with Gasteiger partial charge in [0.05, 0.1) is 30.5 Å². The van der Waals surface area contributed by atoms with Gasteiger partial charge in [-0.3, -0.25) is 9.59 Å². The molecule has 1 aromatic heterocycles. The van der Waals surface area contributed by atoms with Gasteiger partial charge >= 0.3 is 0 Å². The minimum Gasteiger partial charge on any atom is -0.494 e. The lowest BCUT2D eigenvalue weighted by atomic mass is 10.2. The summed E-state index contributed by atoms with van der Waals surface area (Å²) in [7, 11) is 2.97. The first-order valence-electron chi connectivity index (χ1n) is 6.43. The van der Waals surface area contributed by atoms with Crippen molar-refractivity contribution in [3.05, 3.63) is 34.5 Å². The largest absolute Gasteiger partial charge is 0.494 e. The van der Waals surface area contributed by atoms with Crippen molar-refractivity contribution in [1.82, 2.24) is 0 Å². The van der Waals surface area contributed by atoms with E-state index in [-0.39, 0.29) is 11.8 Å². The van der Waals surface area contributed by atoms with E-state index < -0.39 is 0 Å². The second kappa shape index (κ2) is 6.95. The van der Waals surface area contributed by atoms with Crippen LogP contribution in [0.2, 0.25) is 0 Å². The molecule has 1 aromatic carbocycles. The van der Waals surface area contributed by atoms with Gasteiger partial charge in [-0.25, -0.2) is 0 Å². The zero-order valence-corrected chi connectivity index (χ0v) is 13.2. The molecule has 1 heterocycles. The highest BCUT2D eigenvalue weighted by atomic mass is 32.1. The number of hydrogen-bond donors (Lipinski definition) is 2. The molecule has 0 spiro atoms. The van der Waals surface area contributed by atoms with Crippen LogP contribution in [-0.2, 0) is 4.79 Å². The molecule has 0 bridgehead atoms.